The van der Waals surface area contributed by atoms with Crippen molar-refractivity contribution in [3.63, 3.8) is 0 Å². The van der Waals surface area contributed by atoms with Crippen LogP contribution in [0.5, 0.6) is 0 Å². The molecule has 1 N–H and O–H groups in total. The van der Waals surface area contributed by atoms with Crippen molar-refractivity contribution in [1.29, 1.82) is 0 Å². The van der Waals surface area contributed by atoms with Crippen molar-refractivity contribution < 1.29 is 4.74 Å². The highest BCUT2D eigenvalue weighted by molar-refractivity contribution is 5.26. The summed E-state index contributed by atoms with van der Waals surface area (Å²) in [5, 5.41) is 3.71. The third-order valence-electron chi connectivity index (χ3n) is 3.94. The van der Waals surface area contributed by atoms with E-state index in [2.05, 4.69) is 36.5 Å². The van der Waals surface area contributed by atoms with Crippen LogP contribution in [0, 0.1) is 5.92 Å². The Morgan fingerprint density at radius 2 is 2.00 bits per heavy atom. The number of methoxy groups -OCH3 is 1. The van der Waals surface area contributed by atoms with Crippen molar-refractivity contribution in [2.24, 2.45) is 5.92 Å². The van der Waals surface area contributed by atoms with Gasteiger partial charge in [0, 0.05) is 19.7 Å². The van der Waals surface area contributed by atoms with Gasteiger partial charge in [0.2, 0.25) is 0 Å². The molecule has 2 heteroatoms. The third-order valence-corrected chi connectivity index (χ3v) is 3.94. The Morgan fingerprint density at radius 1 is 1.22 bits per heavy atom. The first-order valence-electron chi connectivity index (χ1n) is 7.08. The molecule has 2 nitrogen and oxygen atoms in total. The number of hydrogen-bond acceptors (Lipinski definition) is 2. The van der Waals surface area contributed by atoms with Gasteiger partial charge in [0.25, 0.3) is 0 Å². The van der Waals surface area contributed by atoms with E-state index < -0.39 is 0 Å². The van der Waals surface area contributed by atoms with Crippen LogP contribution in [0.2, 0.25) is 0 Å². The van der Waals surface area contributed by atoms with E-state index in [1.807, 2.05) is 0 Å². The maximum absolute atomic E-state index is 5.25. The minimum atomic E-state index is 0.698. The zero-order valence-electron chi connectivity index (χ0n) is 11.6. The van der Waals surface area contributed by atoms with Gasteiger partial charge in [-0.25, -0.2) is 0 Å². The highest BCUT2D eigenvalue weighted by atomic mass is 16.5. The van der Waals surface area contributed by atoms with Crippen LogP contribution in [0.15, 0.2) is 24.3 Å². The predicted octanol–water partition coefficient (Wildman–Crippen LogP) is 3.50. The summed E-state index contributed by atoms with van der Waals surface area (Å²) in [4.78, 5) is 0. The lowest BCUT2D eigenvalue weighted by atomic mass is 9.87. The van der Waals surface area contributed by atoms with Gasteiger partial charge in [-0.15, -0.1) is 0 Å². The molecule has 0 radical (unpaired) electrons. The SMILES string of the molecule is COCc1ccccc1CNC1CCCC(C)C1. The molecule has 1 saturated carbocycles. The number of benzene rings is 1. The van der Waals surface area contributed by atoms with Crippen LogP contribution in [0.25, 0.3) is 0 Å². The molecular weight excluding hydrogens is 222 g/mol. The van der Waals surface area contributed by atoms with Crippen molar-refractivity contribution in [1.82, 2.24) is 5.32 Å². The highest BCUT2D eigenvalue weighted by Gasteiger charge is 2.18. The van der Waals surface area contributed by atoms with E-state index in [1.165, 1.54) is 36.8 Å². The van der Waals surface area contributed by atoms with Gasteiger partial charge in [-0.1, -0.05) is 44.0 Å². The minimum absolute atomic E-state index is 0.698. The molecule has 0 aliphatic heterocycles. The van der Waals surface area contributed by atoms with Crippen LogP contribution in [0.4, 0.5) is 0 Å². The third kappa shape index (κ3) is 3.82. The zero-order valence-corrected chi connectivity index (χ0v) is 11.6. The summed E-state index contributed by atoms with van der Waals surface area (Å²) in [5.74, 6) is 0.880. The fourth-order valence-corrected chi connectivity index (χ4v) is 2.90. The fourth-order valence-electron chi connectivity index (χ4n) is 2.90. The average Bonchev–Trinajstić information content (AvgIpc) is 2.38. The maximum Gasteiger partial charge on any atom is 0.0716 e. The van der Waals surface area contributed by atoms with Gasteiger partial charge in [0.05, 0.1) is 6.61 Å². The molecule has 0 spiro atoms. The van der Waals surface area contributed by atoms with Gasteiger partial charge in [-0.2, -0.15) is 0 Å². The Hall–Kier alpha value is -0.860. The second-order valence-electron chi connectivity index (χ2n) is 5.55. The molecule has 0 aromatic heterocycles. The molecule has 1 aliphatic carbocycles. The van der Waals surface area contributed by atoms with Gasteiger partial charge in [0.1, 0.15) is 0 Å². The Kier molecular flexibility index (Phi) is 5.21. The van der Waals surface area contributed by atoms with E-state index in [4.69, 9.17) is 4.74 Å². The number of ether oxygens (including phenoxy) is 1. The summed E-state index contributed by atoms with van der Waals surface area (Å²) in [6.45, 7) is 4.04. The van der Waals surface area contributed by atoms with Crippen molar-refractivity contribution >= 4 is 0 Å². The lowest BCUT2D eigenvalue weighted by Crippen LogP contribution is -2.33. The molecule has 2 rings (SSSR count). The van der Waals surface area contributed by atoms with E-state index in [0.717, 1.165) is 12.5 Å². The van der Waals surface area contributed by atoms with E-state index in [0.29, 0.717) is 12.6 Å². The molecule has 1 aliphatic rings. The average molecular weight is 247 g/mol. The zero-order chi connectivity index (χ0) is 12.8. The summed E-state index contributed by atoms with van der Waals surface area (Å²) in [6.07, 6.45) is 5.43. The van der Waals surface area contributed by atoms with Crippen LogP contribution in [0.1, 0.15) is 43.7 Å². The molecule has 1 fully saturated rings. The Morgan fingerprint density at radius 3 is 2.72 bits per heavy atom. The Labute approximate surface area is 111 Å². The highest BCUT2D eigenvalue weighted by Crippen LogP contribution is 2.24. The van der Waals surface area contributed by atoms with Crippen LogP contribution >= 0.6 is 0 Å². The first-order chi connectivity index (χ1) is 8.79. The second-order valence-corrected chi connectivity index (χ2v) is 5.55. The molecule has 100 valence electrons. The molecule has 1 aromatic carbocycles. The fraction of sp³-hybridized carbons (Fsp3) is 0.625. The lowest BCUT2D eigenvalue weighted by Gasteiger charge is -2.28. The molecule has 0 saturated heterocycles. The topological polar surface area (TPSA) is 21.3 Å². The van der Waals surface area contributed by atoms with Crippen LogP contribution in [-0.4, -0.2) is 13.2 Å². The molecule has 2 atom stereocenters. The Balaban J connectivity index is 1.89. The van der Waals surface area contributed by atoms with Crippen molar-refractivity contribution in [2.45, 2.75) is 51.8 Å². The molecular formula is C16H25NO. The van der Waals surface area contributed by atoms with E-state index >= 15 is 0 Å². The summed E-state index contributed by atoms with van der Waals surface area (Å²) >= 11 is 0. The van der Waals surface area contributed by atoms with E-state index in [1.54, 1.807) is 7.11 Å². The largest absolute Gasteiger partial charge is 0.380 e. The van der Waals surface area contributed by atoms with Crippen molar-refractivity contribution in [3.05, 3.63) is 35.4 Å². The van der Waals surface area contributed by atoms with Crippen LogP contribution in [0.3, 0.4) is 0 Å². The number of nitrogens with one attached hydrogen (secondary N) is 1. The van der Waals surface area contributed by atoms with Crippen molar-refractivity contribution in [2.75, 3.05) is 7.11 Å². The maximum atomic E-state index is 5.25. The van der Waals surface area contributed by atoms with Gasteiger partial charge in [0.15, 0.2) is 0 Å². The van der Waals surface area contributed by atoms with Crippen molar-refractivity contribution in [3.8, 4) is 0 Å². The van der Waals surface area contributed by atoms with Gasteiger partial charge in [-0.3, -0.25) is 0 Å². The minimum Gasteiger partial charge on any atom is -0.380 e. The molecule has 0 bridgehead atoms. The second kappa shape index (κ2) is 6.91. The van der Waals surface area contributed by atoms with E-state index in [9.17, 15) is 0 Å². The monoisotopic (exact) mass is 247 g/mol. The normalized spacial score (nSPS) is 24.1. The predicted molar refractivity (Wildman–Crippen MR) is 75.4 cm³/mol. The lowest BCUT2D eigenvalue weighted by molar-refractivity contribution is 0.184. The number of hydrogen-bond donors (Lipinski definition) is 1. The van der Waals surface area contributed by atoms with Gasteiger partial charge in [-0.05, 0) is 29.9 Å². The first-order valence-corrected chi connectivity index (χ1v) is 7.08. The smallest absolute Gasteiger partial charge is 0.0716 e. The van der Waals surface area contributed by atoms with Crippen LogP contribution < -0.4 is 5.32 Å². The van der Waals surface area contributed by atoms with E-state index in [-0.39, 0.29) is 0 Å². The molecule has 18 heavy (non-hydrogen) atoms. The quantitative estimate of drug-likeness (QED) is 0.860. The molecule has 0 heterocycles. The van der Waals surface area contributed by atoms with Gasteiger partial charge >= 0.3 is 0 Å². The standard InChI is InChI=1S/C16H25NO/c1-13-6-5-9-16(10-13)17-11-14-7-3-4-8-15(14)12-18-2/h3-4,7-8,13,16-17H,5-6,9-12H2,1-2H3. The summed E-state index contributed by atoms with van der Waals surface area (Å²) < 4.78 is 5.25. The van der Waals surface area contributed by atoms with Crippen LogP contribution in [-0.2, 0) is 17.9 Å². The first kappa shape index (κ1) is 13.6. The number of rotatable bonds is 5. The summed E-state index contributed by atoms with van der Waals surface area (Å²) in [7, 11) is 1.76. The molecule has 1 aromatic rings. The molecule has 0 amide bonds. The summed E-state index contributed by atoms with van der Waals surface area (Å²) in [6, 6.07) is 9.25. The summed E-state index contributed by atoms with van der Waals surface area (Å²) in [5.41, 5.74) is 2.67. The Bertz CT molecular complexity index is 364. The van der Waals surface area contributed by atoms with Gasteiger partial charge < -0.3 is 10.1 Å². The molecule has 2 unspecified atom stereocenters.